The minimum absolute atomic E-state index is 0.419. The van der Waals surface area contributed by atoms with E-state index in [-0.39, 0.29) is 0 Å². The van der Waals surface area contributed by atoms with Crippen LogP contribution in [0.25, 0.3) is 0 Å². The van der Waals surface area contributed by atoms with E-state index in [9.17, 15) is 0 Å². The molecule has 0 spiro atoms. The average molecular weight is 166 g/mol. The summed E-state index contributed by atoms with van der Waals surface area (Å²) in [6.45, 7) is 4.59. The SMILES string of the molecule is CCCCP[PH3]CCC. The van der Waals surface area contributed by atoms with Crippen LogP contribution in [-0.2, 0) is 0 Å². The molecule has 0 aromatic heterocycles. The average Bonchev–Trinajstić information content (AvgIpc) is 1.89. The first-order chi connectivity index (χ1) is 4.41. The molecule has 0 saturated heterocycles. The Morgan fingerprint density at radius 2 is 2.00 bits per heavy atom. The summed E-state index contributed by atoms with van der Waals surface area (Å²) in [6, 6.07) is 0. The molecule has 2 heteroatoms. The Hall–Kier alpha value is 0.860. The van der Waals surface area contributed by atoms with Crippen LogP contribution in [0.15, 0.2) is 0 Å². The summed E-state index contributed by atoms with van der Waals surface area (Å²) in [4.78, 5) is 0. The summed E-state index contributed by atoms with van der Waals surface area (Å²) in [6.07, 6.45) is 7.44. The standard InChI is InChI=1S/C7H20P2/c1-3-5-7-9-8-6-4-2/h9H,3-7H2,1-2,8H3. The van der Waals surface area contributed by atoms with Crippen molar-refractivity contribution in [2.45, 2.75) is 33.1 Å². The third-order valence-electron chi connectivity index (χ3n) is 1.41. The Kier molecular flexibility index (Phi) is 9.71. The number of hydrogen-bond acceptors (Lipinski definition) is 0. The first-order valence-electron chi connectivity index (χ1n) is 4.12. The molecule has 0 nitrogen and oxygen atoms in total. The fourth-order valence-electron chi connectivity index (χ4n) is 0.729. The maximum absolute atomic E-state index is 2.30. The molecule has 0 saturated carbocycles. The summed E-state index contributed by atoms with van der Waals surface area (Å²) in [5.74, 6) is 0. The van der Waals surface area contributed by atoms with Gasteiger partial charge in [-0.25, -0.2) is 0 Å². The van der Waals surface area contributed by atoms with Crippen molar-refractivity contribution >= 4 is 16.5 Å². The summed E-state index contributed by atoms with van der Waals surface area (Å²) in [7, 11) is 1.80. The first kappa shape index (κ1) is 9.86. The van der Waals surface area contributed by atoms with Crippen LogP contribution in [0.5, 0.6) is 0 Å². The predicted molar refractivity (Wildman–Crippen MR) is 54.4 cm³/mol. The second-order valence-electron chi connectivity index (χ2n) is 2.46. The Bertz CT molecular complexity index is 40.2. The molecule has 0 aliphatic rings. The third kappa shape index (κ3) is 8.86. The van der Waals surface area contributed by atoms with E-state index >= 15 is 0 Å². The van der Waals surface area contributed by atoms with Crippen molar-refractivity contribution in [3.05, 3.63) is 0 Å². The molecule has 0 bridgehead atoms. The number of unbranched alkanes of at least 4 members (excludes halogenated alkanes) is 1. The van der Waals surface area contributed by atoms with Gasteiger partial charge in [0.25, 0.3) is 0 Å². The normalized spacial score (nSPS) is 11.8. The second-order valence-corrected chi connectivity index (χ2v) is 7.66. The van der Waals surface area contributed by atoms with E-state index in [2.05, 4.69) is 13.8 Å². The molecule has 0 N–H and O–H groups in total. The van der Waals surface area contributed by atoms with E-state index in [1.165, 1.54) is 27.5 Å². The Morgan fingerprint density at radius 1 is 1.22 bits per heavy atom. The molecular formula is C7H20P2. The molecule has 0 fully saturated rings. The topological polar surface area (TPSA) is 0 Å². The van der Waals surface area contributed by atoms with E-state index in [1.807, 2.05) is 0 Å². The molecule has 1 unspecified atom stereocenters. The van der Waals surface area contributed by atoms with Gasteiger partial charge in [0.05, 0.1) is 0 Å². The van der Waals surface area contributed by atoms with Gasteiger partial charge in [-0.05, 0) is 0 Å². The monoisotopic (exact) mass is 166 g/mol. The van der Waals surface area contributed by atoms with Crippen molar-refractivity contribution in [3.8, 4) is 0 Å². The van der Waals surface area contributed by atoms with E-state index in [1.54, 1.807) is 12.3 Å². The van der Waals surface area contributed by atoms with Crippen molar-refractivity contribution in [2.75, 3.05) is 12.3 Å². The summed E-state index contributed by atoms with van der Waals surface area (Å²) in [5, 5.41) is 0. The van der Waals surface area contributed by atoms with Crippen LogP contribution in [0.3, 0.4) is 0 Å². The molecule has 1 atom stereocenters. The summed E-state index contributed by atoms with van der Waals surface area (Å²) >= 11 is 0. The third-order valence-corrected chi connectivity index (χ3v) is 6.72. The fraction of sp³-hybridized carbons (Fsp3) is 1.00. The van der Waals surface area contributed by atoms with Gasteiger partial charge in [-0.3, -0.25) is 0 Å². The van der Waals surface area contributed by atoms with Crippen molar-refractivity contribution < 1.29 is 0 Å². The first-order valence-corrected chi connectivity index (χ1v) is 8.66. The van der Waals surface area contributed by atoms with Crippen molar-refractivity contribution in [3.63, 3.8) is 0 Å². The zero-order valence-electron chi connectivity index (χ0n) is 6.74. The fourth-order valence-corrected chi connectivity index (χ4v) is 5.50. The Balaban J connectivity index is 2.60. The van der Waals surface area contributed by atoms with Gasteiger partial charge >= 0.3 is 62.0 Å². The number of hydrogen-bond donors (Lipinski definition) is 0. The molecule has 0 radical (unpaired) electrons. The number of rotatable bonds is 6. The van der Waals surface area contributed by atoms with Gasteiger partial charge in [0.15, 0.2) is 0 Å². The molecule has 0 heterocycles. The van der Waals surface area contributed by atoms with Crippen molar-refractivity contribution in [1.29, 1.82) is 0 Å². The van der Waals surface area contributed by atoms with E-state index in [0.717, 1.165) is 0 Å². The Labute approximate surface area is 62.7 Å². The molecule has 9 heavy (non-hydrogen) atoms. The van der Waals surface area contributed by atoms with Crippen LogP contribution in [0.1, 0.15) is 33.1 Å². The quantitative estimate of drug-likeness (QED) is 0.420. The van der Waals surface area contributed by atoms with Gasteiger partial charge in [0, 0.05) is 0 Å². The molecular weight excluding hydrogens is 146 g/mol. The van der Waals surface area contributed by atoms with Crippen LogP contribution in [0.2, 0.25) is 0 Å². The van der Waals surface area contributed by atoms with Gasteiger partial charge in [-0.15, -0.1) is 0 Å². The zero-order valence-corrected chi connectivity index (χ0v) is 9.16. The molecule has 0 amide bonds. The van der Waals surface area contributed by atoms with Crippen LogP contribution in [0.4, 0.5) is 0 Å². The molecule has 0 rings (SSSR count). The van der Waals surface area contributed by atoms with E-state index in [4.69, 9.17) is 0 Å². The zero-order chi connectivity index (χ0) is 6.95. The van der Waals surface area contributed by atoms with Gasteiger partial charge in [-0.2, -0.15) is 0 Å². The molecule has 58 valence electrons. The van der Waals surface area contributed by atoms with Crippen molar-refractivity contribution in [1.82, 2.24) is 0 Å². The molecule has 0 aromatic carbocycles. The predicted octanol–water partition coefficient (Wildman–Crippen LogP) is 2.93. The molecule has 0 aromatic rings. The van der Waals surface area contributed by atoms with Crippen LogP contribution >= 0.6 is 16.5 Å². The van der Waals surface area contributed by atoms with Gasteiger partial charge < -0.3 is 0 Å². The summed E-state index contributed by atoms with van der Waals surface area (Å²) in [5.41, 5.74) is 0. The molecule has 0 aliphatic carbocycles. The van der Waals surface area contributed by atoms with Crippen molar-refractivity contribution in [2.24, 2.45) is 0 Å². The van der Waals surface area contributed by atoms with Gasteiger partial charge in [0.1, 0.15) is 0 Å². The van der Waals surface area contributed by atoms with Crippen LogP contribution in [-0.4, -0.2) is 12.3 Å². The van der Waals surface area contributed by atoms with Crippen LogP contribution < -0.4 is 0 Å². The maximum atomic E-state index is 2.30. The molecule has 0 aliphatic heterocycles. The van der Waals surface area contributed by atoms with Gasteiger partial charge in [-0.1, -0.05) is 0 Å². The van der Waals surface area contributed by atoms with Crippen LogP contribution in [0, 0.1) is 0 Å². The Morgan fingerprint density at radius 3 is 2.56 bits per heavy atom. The minimum atomic E-state index is 0.419. The van der Waals surface area contributed by atoms with Gasteiger partial charge in [0.2, 0.25) is 0 Å². The van der Waals surface area contributed by atoms with E-state index in [0.29, 0.717) is 8.27 Å². The van der Waals surface area contributed by atoms with E-state index < -0.39 is 0 Å². The second kappa shape index (κ2) is 8.86. The summed E-state index contributed by atoms with van der Waals surface area (Å²) < 4.78 is 0.